The lowest BCUT2D eigenvalue weighted by molar-refractivity contribution is 0.146. The molecular weight excluding hydrogens is 469 g/mol. The van der Waals surface area contributed by atoms with E-state index in [9.17, 15) is 0 Å². The Kier molecular flexibility index (Phi) is 9.83. The minimum atomic E-state index is 0. The van der Waals surface area contributed by atoms with Gasteiger partial charge in [-0.25, -0.2) is 4.99 Å². The molecule has 0 amide bonds. The van der Waals surface area contributed by atoms with E-state index in [0.717, 1.165) is 55.8 Å². The predicted molar refractivity (Wildman–Crippen MR) is 121 cm³/mol. The van der Waals surface area contributed by atoms with Gasteiger partial charge in [-0.05, 0) is 51.4 Å². The van der Waals surface area contributed by atoms with Crippen LogP contribution >= 0.6 is 24.0 Å². The number of aliphatic imine (C=N–C) groups is 1. The first kappa shape index (κ1) is 22.7. The highest BCUT2D eigenvalue weighted by atomic mass is 127. The number of nitrogens with zero attached hydrogens (tertiary/aromatic N) is 3. The lowest BCUT2D eigenvalue weighted by Crippen LogP contribution is -2.44. The largest absolute Gasteiger partial charge is 0.468 e. The fourth-order valence-electron chi connectivity index (χ4n) is 3.41. The van der Waals surface area contributed by atoms with Crippen molar-refractivity contribution in [2.24, 2.45) is 4.99 Å². The molecule has 2 aromatic rings. The molecule has 1 unspecified atom stereocenters. The molecule has 0 bridgehead atoms. The Bertz CT molecular complexity index is 695. The number of rotatable bonds is 8. The van der Waals surface area contributed by atoms with Gasteiger partial charge in [0.05, 0.1) is 18.0 Å². The van der Waals surface area contributed by atoms with E-state index in [4.69, 9.17) is 8.94 Å². The van der Waals surface area contributed by atoms with Crippen LogP contribution < -0.4 is 10.6 Å². The number of nitrogens with one attached hydrogen (secondary N) is 2. The van der Waals surface area contributed by atoms with E-state index in [0.29, 0.717) is 6.54 Å². The molecule has 0 aromatic carbocycles. The third kappa shape index (κ3) is 6.51. The molecular formula is C20H32IN5O2. The summed E-state index contributed by atoms with van der Waals surface area (Å²) in [6.07, 6.45) is 6.43. The number of aryl methyl sites for hydroxylation is 1. The van der Waals surface area contributed by atoms with Gasteiger partial charge < -0.3 is 19.6 Å². The molecule has 3 rings (SSSR count). The predicted octanol–water partition coefficient (Wildman–Crippen LogP) is 3.73. The van der Waals surface area contributed by atoms with Crippen molar-refractivity contribution in [1.29, 1.82) is 0 Å². The van der Waals surface area contributed by atoms with Gasteiger partial charge in [0.2, 0.25) is 0 Å². The summed E-state index contributed by atoms with van der Waals surface area (Å²) in [5.41, 5.74) is 0.959. The Hall–Kier alpha value is -1.55. The highest BCUT2D eigenvalue weighted by molar-refractivity contribution is 14.0. The molecule has 7 nitrogen and oxygen atoms in total. The van der Waals surface area contributed by atoms with Crippen molar-refractivity contribution in [2.75, 3.05) is 26.2 Å². The Morgan fingerprint density at radius 1 is 1.25 bits per heavy atom. The van der Waals surface area contributed by atoms with Crippen molar-refractivity contribution in [2.45, 2.75) is 52.1 Å². The standard InChI is InChI=1S/C20H31N5O2.HI/c1-3-16-13-17(27-24-16)14-22-20(21-4-2)23-15-18(19-9-8-12-26-19)25-10-6-5-7-11-25;/h8-9,12-13,18H,3-7,10-11,14-15H2,1-2H3,(H2,21,22,23);1H. The summed E-state index contributed by atoms with van der Waals surface area (Å²) < 4.78 is 11.0. The average Bonchev–Trinajstić information content (AvgIpc) is 3.39. The summed E-state index contributed by atoms with van der Waals surface area (Å²) in [7, 11) is 0. The minimum Gasteiger partial charge on any atom is -0.468 e. The molecule has 1 fully saturated rings. The van der Waals surface area contributed by atoms with Crippen LogP contribution in [0.15, 0.2) is 38.4 Å². The minimum absolute atomic E-state index is 0. The smallest absolute Gasteiger partial charge is 0.191 e. The van der Waals surface area contributed by atoms with Gasteiger partial charge >= 0.3 is 0 Å². The number of aromatic nitrogens is 1. The molecule has 1 atom stereocenters. The van der Waals surface area contributed by atoms with Crippen LogP contribution in [0.2, 0.25) is 0 Å². The SMILES string of the molecule is CCNC(=NCc1cc(CC)no1)NCC(c1ccco1)N1CCCCC1.I. The summed E-state index contributed by atoms with van der Waals surface area (Å²) in [5.74, 6) is 2.56. The van der Waals surface area contributed by atoms with Crippen LogP contribution in [0.5, 0.6) is 0 Å². The Balaban J connectivity index is 0.00000280. The number of piperidine rings is 1. The van der Waals surface area contributed by atoms with Crippen molar-refractivity contribution in [1.82, 2.24) is 20.7 Å². The second-order valence-corrected chi connectivity index (χ2v) is 6.84. The van der Waals surface area contributed by atoms with Crippen molar-refractivity contribution < 1.29 is 8.94 Å². The van der Waals surface area contributed by atoms with Crippen LogP contribution in [-0.4, -0.2) is 42.2 Å². The first-order valence-corrected chi connectivity index (χ1v) is 10.0. The van der Waals surface area contributed by atoms with Gasteiger partial charge in [0.1, 0.15) is 12.3 Å². The van der Waals surface area contributed by atoms with Crippen molar-refractivity contribution >= 4 is 29.9 Å². The number of hydrogen-bond donors (Lipinski definition) is 2. The zero-order valence-electron chi connectivity index (χ0n) is 16.8. The van der Waals surface area contributed by atoms with E-state index in [1.54, 1.807) is 6.26 Å². The Morgan fingerprint density at radius 2 is 2.07 bits per heavy atom. The quantitative estimate of drug-likeness (QED) is 0.326. The van der Waals surface area contributed by atoms with Gasteiger partial charge in [0.25, 0.3) is 0 Å². The Labute approximate surface area is 184 Å². The van der Waals surface area contributed by atoms with Gasteiger partial charge in [-0.15, -0.1) is 24.0 Å². The monoisotopic (exact) mass is 501 g/mol. The average molecular weight is 501 g/mol. The topological polar surface area (TPSA) is 78.8 Å². The summed E-state index contributed by atoms with van der Waals surface area (Å²) in [4.78, 5) is 7.14. The molecule has 1 aliphatic heterocycles. The number of furan rings is 1. The molecule has 0 aliphatic carbocycles. The molecule has 28 heavy (non-hydrogen) atoms. The maximum Gasteiger partial charge on any atom is 0.191 e. The molecule has 2 aromatic heterocycles. The second-order valence-electron chi connectivity index (χ2n) is 6.84. The normalized spacial score (nSPS) is 16.4. The van der Waals surface area contributed by atoms with Crippen LogP contribution in [0.25, 0.3) is 0 Å². The maximum absolute atomic E-state index is 5.72. The maximum atomic E-state index is 5.72. The number of hydrogen-bond acceptors (Lipinski definition) is 5. The van der Waals surface area contributed by atoms with E-state index in [1.165, 1.54) is 19.3 Å². The summed E-state index contributed by atoms with van der Waals surface area (Å²) in [6, 6.07) is 6.19. The molecule has 3 heterocycles. The van der Waals surface area contributed by atoms with E-state index in [-0.39, 0.29) is 30.0 Å². The lowest BCUT2D eigenvalue weighted by Gasteiger charge is -2.33. The van der Waals surface area contributed by atoms with Crippen LogP contribution in [-0.2, 0) is 13.0 Å². The van der Waals surface area contributed by atoms with E-state index in [1.807, 2.05) is 12.1 Å². The summed E-state index contributed by atoms with van der Waals surface area (Å²) in [6.45, 7) is 8.36. The molecule has 8 heteroatoms. The van der Waals surface area contributed by atoms with Crippen LogP contribution in [0.3, 0.4) is 0 Å². The third-order valence-electron chi connectivity index (χ3n) is 4.87. The number of halogens is 1. The molecule has 0 radical (unpaired) electrons. The van der Waals surface area contributed by atoms with Gasteiger partial charge in [-0.1, -0.05) is 18.5 Å². The van der Waals surface area contributed by atoms with Crippen molar-refractivity contribution in [3.63, 3.8) is 0 Å². The number of guanidine groups is 1. The molecule has 0 spiro atoms. The van der Waals surface area contributed by atoms with Crippen LogP contribution in [0.1, 0.15) is 56.4 Å². The fraction of sp³-hybridized carbons (Fsp3) is 0.600. The van der Waals surface area contributed by atoms with Gasteiger partial charge in [-0.3, -0.25) is 4.90 Å². The van der Waals surface area contributed by atoms with Gasteiger partial charge in [0, 0.05) is 19.2 Å². The second kappa shape index (κ2) is 12.1. The van der Waals surface area contributed by atoms with E-state index >= 15 is 0 Å². The van der Waals surface area contributed by atoms with Crippen LogP contribution in [0, 0.1) is 0 Å². The Morgan fingerprint density at radius 3 is 2.71 bits per heavy atom. The number of likely N-dealkylation sites (tertiary alicyclic amines) is 1. The molecule has 0 saturated carbocycles. The molecule has 2 N–H and O–H groups in total. The zero-order valence-corrected chi connectivity index (χ0v) is 19.1. The van der Waals surface area contributed by atoms with Gasteiger partial charge in [0.15, 0.2) is 11.7 Å². The van der Waals surface area contributed by atoms with Gasteiger partial charge in [-0.2, -0.15) is 0 Å². The fourth-order valence-corrected chi connectivity index (χ4v) is 3.41. The van der Waals surface area contributed by atoms with Crippen LogP contribution in [0.4, 0.5) is 0 Å². The third-order valence-corrected chi connectivity index (χ3v) is 4.87. The summed E-state index contributed by atoms with van der Waals surface area (Å²) in [5, 5.41) is 10.8. The first-order chi connectivity index (χ1) is 13.3. The van der Waals surface area contributed by atoms with Crippen molar-refractivity contribution in [3.8, 4) is 0 Å². The zero-order chi connectivity index (χ0) is 18.9. The highest BCUT2D eigenvalue weighted by Crippen LogP contribution is 2.24. The molecule has 156 valence electrons. The van der Waals surface area contributed by atoms with E-state index in [2.05, 4.69) is 45.6 Å². The van der Waals surface area contributed by atoms with E-state index < -0.39 is 0 Å². The lowest BCUT2D eigenvalue weighted by atomic mass is 10.1. The first-order valence-electron chi connectivity index (χ1n) is 10.0. The highest BCUT2D eigenvalue weighted by Gasteiger charge is 2.24. The van der Waals surface area contributed by atoms with Crippen molar-refractivity contribution in [3.05, 3.63) is 41.7 Å². The summed E-state index contributed by atoms with van der Waals surface area (Å²) >= 11 is 0. The molecule has 1 aliphatic rings. The molecule has 1 saturated heterocycles.